The van der Waals surface area contributed by atoms with Crippen LogP contribution in [0.5, 0.6) is 0 Å². The van der Waals surface area contributed by atoms with Crippen LogP contribution in [0.15, 0.2) is 65.6 Å². The van der Waals surface area contributed by atoms with Gasteiger partial charge in [-0.3, -0.25) is 9.69 Å². The molecule has 0 radical (unpaired) electrons. The Hall–Kier alpha value is -2.41. The number of carbonyl (C=O) groups is 1. The highest BCUT2D eigenvalue weighted by Crippen LogP contribution is 2.34. The van der Waals surface area contributed by atoms with Gasteiger partial charge in [-0.2, -0.15) is 0 Å². The maximum Gasteiger partial charge on any atom is 0.260 e. The summed E-state index contributed by atoms with van der Waals surface area (Å²) in [4.78, 5) is 23.4. The minimum absolute atomic E-state index is 0.0117. The van der Waals surface area contributed by atoms with Gasteiger partial charge in [-0.15, -0.1) is 11.8 Å². The van der Waals surface area contributed by atoms with E-state index in [1.54, 1.807) is 23.1 Å². The maximum absolute atomic E-state index is 13.5. The molecule has 0 saturated heterocycles. The number of hydrogen-bond donors (Lipinski definition) is 0. The first kappa shape index (κ1) is 19.9. The van der Waals surface area contributed by atoms with E-state index >= 15 is 0 Å². The van der Waals surface area contributed by atoms with Gasteiger partial charge in [0.25, 0.3) is 5.91 Å². The molecule has 1 amide bonds. The lowest BCUT2D eigenvalue weighted by Gasteiger charge is -2.22. The molecule has 4 rings (SSSR count). The van der Waals surface area contributed by atoms with Gasteiger partial charge in [0, 0.05) is 23.5 Å². The molecule has 0 aliphatic carbocycles. The smallest absolute Gasteiger partial charge is 0.260 e. The number of thiazole rings is 1. The van der Waals surface area contributed by atoms with Crippen LogP contribution < -0.4 is 4.90 Å². The number of benzene rings is 3. The first-order valence-corrected chi connectivity index (χ1v) is 11.5. The second-order valence-corrected chi connectivity index (χ2v) is 8.98. The fourth-order valence-corrected chi connectivity index (χ4v) is 4.90. The Morgan fingerprint density at radius 3 is 2.55 bits per heavy atom. The molecule has 0 spiro atoms. The van der Waals surface area contributed by atoms with Gasteiger partial charge >= 0.3 is 0 Å². The van der Waals surface area contributed by atoms with E-state index in [0.29, 0.717) is 12.1 Å². The largest absolute Gasteiger partial charge is 0.308 e. The summed E-state index contributed by atoms with van der Waals surface area (Å²) in [6, 6.07) is 20.2. The second kappa shape index (κ2) is 8.53. The minimum Gasteiger partial charge on any atom is -0.308 e. The zero-order chi connectivity index (χ0) is 20.4. The molecule has 0 fully saturated rings. The van der Waals surface area contributed by atoms with Gasteiger partial charge in [-0.25, -0.2) is 4.98 Å². The van der Waals surface area contributed by atoms with E-state index in [-0.39, 0.29) is 5.91 Å². The van der Waals surface area contributed by atoms with Crippen molar-refractivity contribution >= 4 is 55.1 Å². The molecule has 148 valence electrons. The number of amides is 1. The fourth-order valence-electron chi connectivity index (χ4n) is 3.25. The summed E-state index contributed by atoms with van der Waals surface area (Å²) in [6.07, 6.45) is 2.05. The van der Waals surface area contributed by atoms with Gasteiger partial charge in [-0.1, -0.05) is 47.7 Å². The summed E-state index contributed by atoms with van der Waals surface area (Å²) < 4.78 is 1.10. The molecule has 0 unspecified atom stereocenters. The Morgan fingerprint density at radius 1 is 1.00 bits per heavy atom. The number of hydrogen-bond acceptors (Lipinski definition) is 5. The van der Waals surface area contributed by atoms with Gasteiger partial charge in [0.05, 0.1) is 10.2 Å². The van der Waals surface area contributed by atoms with E-state index in [9.17, 15) is 4.79 Å². The van der Waals surface area contributed by atoms with E-state index in [0.717, 1.165) is 37.6 Å². The SMILES string of the molecule is CSc1cccc2sc(N(CCN(C)C)C(=O)c3ccc4ccccc4c3)nc12. The van der Waals surface area contributed by atoms with Crippen molar-refractivity contribution in [2.75, 3.05) is 38.3 Å². The molecule has 3 aromatic carbocycles. The number of rotatable bonds is 6. The summed E-state index contributed by atoms with van der Waals surface area (Å²) >= 11 is 3.26. The van der Waals surface area contributed by atoms with Crippen LogP contribution >= 0.6 is 23.1 Å². The zero-order valence-corrected chi connectivity index (χ0v) is 18.4. The lowest BCUT2D eigenvalue weighted by atomic mass is 10.1. The molecule has 1 aromatic heterocycles. The highest BCUT2D eigenvalue weighted by atomic mass is 32.2. The van der Waals surface area contributed by atoms with Crippen molar-refractivity contribution in [3.05, 3.63) is 66.2 Å². The van der Waals surface area contributed by atoms with Crippen LogP contribution in [0.4, 0.5) is 5.13 Å². The minimum atomic E-state index is -0.0117. The topological polar surface area (TPSA) is 36.4 Å². The van der Waals surface area contributed by atoms with E-state index in [1.165, 1.54) is 0 Å². The summed E-state index contributed by atoms with van der Waals surface area (Å²) in [5.74, 6) is -0.0117. The fraction of sp³-hybridized carbons (Fsp3) is 0.217. The van der Waals surface area contributed by atoms with Gasteiger partial charge in [0.2, 0.25) is 0 Å². The number of nitrogens with zero attached hydrogens (tertiary/aromatic N) is 3. The lowest BCUT2D eigenvalue weighted by molar-refractivity contribution is 0.0985. The van der Waals surface area contributed by atoms with Crippen LogP contribution in [-0.4, -0.2) is 49.2 Å². The van der Waals surface area contributed by atoms with Gasteiger partial charge in [-0.05, 0) is 55.4 Å². The Kier molecular flexibility index (Phi) is 5.85. The van der Waals surface area contributed by atoms with Crippen molar-refractivity contribution in [1.82, 2.24) is 9.88 Å². The maximum atomic E-state index is 13.5. The number of likely N-dealkylation sites (N-methyl/N-ethyl adjacent to an activating group) is 1. The van der Waals surface area contributed by atoms with Crippen LogP contribution in [0, 0.1) is 0 Å². The first-order chi connectivity index (χ1) is 14.1. The molecule has 29 heavy (non-hydrogen) atoms. The Morgan fingerprint density at radius 2 is 1.79 bits per heavy atom. The monoisotopic (exact) mass is 421 g/mol. The van der Waals surface area contributed by atoms with Gasteiger partial charge in [0.1, 0.15) is 0 Å². The normalized spacial score (nSPS) is 11.4. The van der Waals surface area contributed by atoms with Crippen LogP contribution in [0.25, 0.3) is 21.0 Å². The molecule has 4 nitrogen and oxygen atoms in total. The second-order valence-electron chi connectivity index (χ2n) is 7.13. The molecular weight excluding hydrogens is 398 g/mol. The van der Waals surface area contributed by atoms with Crippen LogP contribution in [0.3, 0.4) is 0 Å². The zero-order valence-electron chi connectivity index (χ0n) is 16.8. The van der Waals surface area contributed by atoms with Crippen molar-refractivity contribution in [3.63, 3.8) is 0 Å². The number of aromatic nitrogens is 1. The Balaban J connectivity index is 1.75. The molecule has 6 heteroatoms. The Labute approximate surface area is 179 Å². The third-order valence-corrected chi connectivity index (χ3v) is 6.65. The highest BCUT2D eigenvalue weighted by molar-refractivity contribution is 7.98. The number of para-hydroxylation sites is 1. The average Bonchev–Trinajstić information content (AvgIpc) is 3.17. The van der Waals surface area contributed by atoms with Gasteiger partial charge < -0.3 is 4.90 Å². The third-order valence-electron chi connectivity index (χ3n) is 4.83. The van der Waals surface area contributed by atoms with E-state index in [2.05, 4.69) is 29.4 Å². The molecule has 0 aliphatic heterocycles. The predicted octanol–water partition coefficient (Wildman–Crippen LogP) is 5.38. The van der Waals surface area contributed by atoms with Crippen LogP contribution in [-0.2, 0) is 0 Å². The van der Waals surface area contributed by atoms with Crippen molar-refractivity contribution in [2.45, 2.75) is 4.90 Å². The van der Waals surface area contributed by atoms with Crippen molar-refractivity contribution < 1.29 is 4.79 Å². The number of anilines is 1. The summed E-state index contributed by atoms with van der Waals surface area (Å²) in [6.45, 7) is 1.36. The summed E-state index contributed by atoms with van der Waals surface area (Å²) in [7, 11) is 4.03. The van der Waals surface area contributed by atoms with Crippen molar-refractivity contribution in [1.29, 1.82) is 0 Å². The lowest BCUT2D eigenvalue weighted by Crippen LogP contribution is -2.36. The van der Waals surface area contributed by atoms with E-state index in [1.807, 2.05) is 61.5 Å². The summed E-state index contributed by atoms with van der Waals surface area (Å²) in [5, 5.41) is 2.95. The highest BCUT2D eigenvalue weighted by Gasteiger charge is 2.22. The first-order valence-electron chi connectivity index (χ1n) is 9.46. The van der Waals surface area contributed by atoms with Crippen LogP contribution in [0.2, 0.25) is 0 Å². The van der Waals surface area contributed by atoms with Crippen molar-refractivity contribution in [3.8, 4) is 0 Å². The Bertz CT molecular complexity index is 1170. The molecule has 0 bridgehead atoms. The van der Waals surface area contributed by atoms with E-state index < -0.39 is 0 Å². The number of fused-ring (bicyclic) bond motifs is 2. The molecule has 0 saturated carbocycles. The average molecular weight is 422 g/mol. The summed E-state index contributed by atoms with van der Waals surface area (Å²) in [5.41, 5.74) is 1.66. The molecule has 0 aliphatic rings. The quantitative estimate of drug-likeness (QED) is 0.392. The predicted molar refractivity (Wildman–Crippen MR) is 126 cm³/mol. The molecule has 0 N–H and O–H groups in total. The third kappa shape index (κ3) is 4.15. The molecular formula is C23H23N3OS2. The number of thioether (sulfide) groups is 1. The number of carbonyl (C=O) groups excluding carboxylic acids is 1. The molecule has 0 atom stereocenters. The molecule has 4 aromatic rings. The van der Waals surface area contributed by atoms with Crippen molar-refractivity contribution in [2.24, 2.45) is 0 Å². The van der Waals surface area contributed by atoms with E-state index in [4.69, 9.17) is 4.98 Å². The van der Waals surface area contributed by atoms with Gasteiger partial charge in [0.15, 0.2) is 5.13 Å². The van der Waals surface area contributed by atoms with Crippen LogP contribution in [0.1, 0.15) is 10.4 Å². The standard InChI is InChI=1S/C23H23N3OS2/c1-25(2)13-14-26(23-24-21-19(28-3)9-6-10-20(21)29-23)22(27)18-12-11-16-7-4-5-8-17(16)15-18/h4-12,15H,13-14H2,1-3H3. The molecule has 1 heterocycles.